The summed E-state index contributed by atoms with van der Waals surface area (Å²) in [7, 11) is 0. The molecule has 1 rings (SSSR count). The second-order valence-electron chi connectivity index (χ2n) is 2.80. The average molecular weight is 159 g/mol. The first-order valence-electron chi connectivity index (χ1n) is 3.73. The van der Waals surface area contributed by atoms with E-state index in [2.05, 4.69) is 5.32 Å². The van der Waals surface area contributed by atoms with Gasteiger partial charge in [-0.15, -0.1) is 0 Å². The van der Waals surface area contributed by atoms with Crippen molar-refractivity contribution in [3.63, 3.8) is 0 Å². The maximum Gasteiger partial charge on any atom is 0.302 e. The van der Waals surface area contributed by atoms with Crippen molar-refractivity contribution < 1.29 is 14.6 Å². The zero-order valence-electron chi connectivity index (χ0n) is 6.54. The van der Waals surface area contributed by atoms with E-state index in [4.69, 9.17) is 9.84 Å². The summed E-state index contributed by atoms with van der Waals surface area (Å²) in [5.74, 6) is -0.270. The number of rotatable bonds is 2. The predicted molar refractivity (Wildman–Crippen MR) is 39.0 cm³/mol. The normalized spacial score (nSPS) is 30.4. The van der Waals surface area contributed by atoms with Gasteiger partial charge in [0.15, 0.2) is 0 Å². The number of carbonyl (C=O) groups is 1. The van der Waals surface area contributed by atoms with Crippen LogP contribution < -0.4 is 5.32 Å². The lowest BCUT2D eigenvalue weighted by Crippen LogP contribution is -2.27. The number of hydrogen-bond acceptors (Lipinski definition) is 4. The first-order valence-corrected chi connectivity index (χ1v) is 3.73. The molecule has 0 aromatic heterocycles. The standard InChI is InChI=1S/C7H13NO3/c1-5(9)11-4-6-2-7(10)3-8-6/h6-8,10H,2-4H2,1H3. The monoisotopic (exact) mass is 159 g/mol. The van der Waals surface area contributed by atoms with E-state index < -0.39 is 0 Å². The van der Waals surface area contributed by atoms with Crippen LogP contribution in [0.5, 0.6) is 0 Å². The second-order valence-corrected chi connectivity index (χ2v) is 2.80. The van der Waals surface area contributed by atoms with Gasteiger partial charge in [0, 0.05) is 19.5 Å². The maximum absolute atomic E-state index is 10.4. The van der Waals surface area contributed by atoms with Crippen molar-refractivity contribution in [3.8, 4) is 0 Å². The second kappa shape index (κ2) is 3.69. The van der Waals surface area contributed by atoms with Crippen LogP contribution in [0, 0.1) is 0 Å². The number of β-amino-alcohol motifs (C(OH)–C–C–N with tert-alkyl or cyclic N) is 1. The predicted octanol–water partition coefficient (Wildman–Crippen LogP) is -0.728. The molecule has 1 fully saturated rings. The molecule has 2 atom stereocenters. The number of nitrogens with one attached hydrogen (secondary N) is 1. The van der Waals surface area contributed by atoms with E-state index in [0.717, 1.165) is 0 Å². The Morgan fingerprint density at radius 2 is 2.55 bits per heavy atom. The van der Waals surface area contributed by atoms with Gasteiger partial charge in [-0.2, -0.15) is 0 Å². The van der Waals surface area contributed by atoms with Crippen molar-refractivity contribution in [1.29, 1.82) is 0 Å². The van der Waals surface area contributed by atoms with E-state index in [-0.39, 0.29) is 18.1 Å². The van der Waals surface area contributed by atoms with Gasteiger partial charge in [0.2, 0.25) is 0 Å². The Kier molecular flexibility index (Phi) is 2.84. The summed E-state index contributed by atoms with van der Waals surface area (Å²) >= 11 is 0. The third-order valence-corrected chi connectivity index (χ3v) is 1.69. The Morgan fingerprint density at radius 1 is 1.82 bits per heavy atom. The summed E-state index contributed by atoms with van der Waals surface area (Å²) < 4.78 is 4.76. The molecule has 0 amide bonds. The molecule has 1 heterocycles. The number of aliphatic hydroxyl groups excluding tert-OH is 1. The fraction of sp³-hybridized carbons (Fsp3) is 0.857. The quantitative estimate of drug-likeness (QED) is 0.522. The molecule has 64 valence electrons. The van der Waals surface area contributed by atoms with Crippen molar-refractivity contribution >= 4 is 5.97 Å². The lowest BCUT2D eigenvalue weighted by atomic mass is 10.2. The van der Waals surface area contributed by atoms with Crippen LogP contribution in [0.4, 0.5) is 0 Å². The Balaban J connectivity index is 2.13. The minimum absolute atomic E-state index is 0.133. The molecule has 4 heteroatoms. The topological polar surface area (TPSA) is 58.6 Å². The van der Waals surface area contributed by atoms with Crippen molar-refractivity contribution in [2.75, 3.05) is 13.2 Å². The van der Waals surface area contributed by atoms with Crippen LogP contribution in [-0.2, 0) is 9.53 Å². The highest BCUT2D eigenvalue weighted by atomic mass is 16.5. The van der Waals surface area contributed by atoms with Gasteiger partial charge in [-0.25, -0.2) is 0 Å². The third-order valence-electron chi connectivity index (χ3n) is 1.69. The van der Waals surface area contributed by atoms with E-state index >= 15 is 0 Å². The highest BCUT2D eigenvalue weighted by molar-refractivity contribution is 5.65. The van der Waals surface area contributed by atoms with Crippen LogP contribution in [0.25, 0.3) is 0 Å². The summed E-state index contributed by atoms with van der Waals surface area (Å²) in [6.45, 7) is 2.35. The minimum atomic E-state index is -0.282. The van der Waals surface area contributed by atoms with Crippen molar-refractivity contribution in [3.05, 3.63) is 0 Å². The Morgan fingerprint density at radius 3 is 3.00 bits per heavy atom. The van der Waals surface area contributed by atoms with Crippen LogP contribution in [0.3, 0.4) is 0 Å². The zero-order chi connectivity index (χ0) is 8.27. The molecule has 0 bridgehead atoms. The molecule has 0 radical (unpaired) electrons. The fourth-order valence-corrected chi connectivity index (χ4v) is 1.14. The highest BCUT2D eigenvalue weighted by Gasteiger charge is 2.22. The number of carbonyl (C=O) groups excluding carboxylic acids is 1. The van der Waals surface area contributed by atoms with Crippen LogP contribution in [0.2, 0.25) is 0 Å². The molecule has 0 aliphatic carbocycles. The van der Waals surface area contributed by atoms with Crippen LogP contribution in [0.15, 0.2) is 0 Å². The first-order chi connectivity index (χ1) is 5.18. The van der Waals surface area contributed by atoms with Crippen LogP contribution in [-0.4, -0.2) is 36.4 Å². The maximum atomic E-state index is 10.4. The van der Waals surface area contributed by atoms with Gasteiger partial charge in [0.25, 0.3) is 0 Å². The molecule has 2 unspecified atom stereocenters. The fourth-order valence-electron chi connectivity index (χ4n) is 1.14. The van der Waals surface area contributed by atoms with Crippen LogP contribution in [0.1, 0.15) is 13.3 Å². The van der Waals surface area contributed by atoms with Gasteiger partial charge in [0.1, 0.15) is 6.61 Å². The molecule has 1 saturated heterocycles. The average Bonchev–Trinajstić information content (AvgIpc) is 2.31. The molecule has 4 nitrogen and oxygen atoms in total. The summed E-state index contributed by atoms with van der Waals surface area (Å²) in [5.41, 5.74) is 0. The SMILES string of the molecule is CC(=O)OCC1CC(O)CN1. The van der Waals surface area contributed by atoms with Crippen molar-refractivity contribution in [1.82, 2.24) is 5.32 Å². The van der Waals surface area contributed by atoms with E-state index in [1.807, 2.05) is 0 Å². The molecule has 0 saturated carbocycles. The Labute approximate surface area is 65.5 Å². The van der Waals surface area contributed by atoms with Gasteiger partial charge in [0.05, 0.1) is 6.10 Å². The van der Waals surface area contributed by atoms with E-state index in [9.17, 15) is 4.79 Å². The van der Waals surface area contributed by atoms with Gasteiger partial charge >= 0.3 is 5.97 Å². The van der Waals surface area contributed by atoms with Gasteiger partial charge in [-0.1, -0.05) is 0 Å². The molecular weight excluding hydrogens is 146 g/mol. The minimum Gasteiger partial charge on any atom is -0.464 e. The smallest absolute Gasteiger partial charge is 0.302 e. The molecule has 0 spiro atoms. The van der Waals surface area contributed by atoms with E-state index in [0.29, 0.717) is 19.6 Å². The largest absolute Gasteiger partial charge is 0.464 e. The lowest BCUT2D eigenvalue weighted by molar-refractivity contribution is -0.141. The Hall–Kier alpha value is -0.610. The highest BCUT2D eigenvalue weighted by Crippen LogP contribution is 2.05. The molecule has 0 aromatic rings. The third kappa shape index (κ3) is 2.86. The first kappa shape index (κ1) is 8.49. The Bertz CT molecular complexity index is 149. The van der Waals surface area contributed by atoms with Gasteiger partial charge in [-0.05, 0) is 6.42 Å². The summed E-state index contributed by atoms with van der Waals surface area (Å²) in [4.78, 5) is 10.4. The molecule has 11 heavy (non-hydrogen) atoms. The van der Waals surface area contributed by atoms with Gasteiger partial charge in [-0.3, -0.25) is 4.79 Å². The van der Waals surface area contributed by atoms with Crippen LogP contribution >= 0.6 is 0 Å². The molecule has 1 aliphatic heterocycles. The molecule has 2 N–H and O–H groups in total. The molecule has 0 aromatic carbocycles. The summed E-state index contributed by atoms with van der Waals surface area (Å²) in [6.07, 6.45) is 0.392. The molecular formula is C7H13NO3. The zero-order valence-corrected chi connectivity index (χ0v) is 6.54. The number of ether oxygens (including phenoxy) is 1. The van der Waals surface area contributed by atoms with Crippen molar-refractivity contribution in [2.24, 2.45) is 0 Å². The number of aliphatic hydroxyl groups is 1. The number of esters is 1. The molecule has 1 aliphatic rings. The van der Waals surface area contributed by atoms with E-state index in [1.54, 1.807) is 0 Å². The van der Waals surface area contributed by atoms with Gasteiger partial charge < -0.3 is 15.2 Å². The van der Waals surface area contributed by atoms with E-state index in [1.165, 1.54) is 6.92 Å². The summed E-state index contributed by atoms with van der Waals surface area (Å²) in [5, 5.41) is 12.1. The summed E-state index contributed by atoms with van der Waals surface area (Å²) in [6, 6.07) is 0.133. The number of hydrogen-bond donors (Lipinski definition) is 2. The lowest BCUT2D eigenvalue weighted by Gasteiger charge is -2.08. The van der Waals surface area contributed by atoms with Crippen molar-refractivity contribution in [2.45, 2.75) is 25.5 Å².